The predicted octanol–water partition coefficient (Wildman–Crippen LogP) is 0.957. The number of ether oxygens (including phenoxy) is 1. The van der Waals surface area contributed by atoms with Crippen LogP contribution in [0.1, 0.15) is 12.0 Å². The second-order valence-electron chi connectivity index (χ2n) is 5.83. The molecule has 2 rings (SSSR count). The van der Waals surface area contributed by atoms with E-state index in [1.165, 1.54) is 0 Å². The Morgan fingerprint density at radius 3 is 2.73 bits per heavy atom. The van der Waals surface area contributed by atoms with E-state index in [1.54, 1.807) is 0 Å². The summed E-state index contributed by atoms with van der Waals surface area (Å²) in [6.07, 6.45) is 1.09. The third kappa shape index (κ3) is 6.56. The van der Waals surface area contributed by atoms with Crippen LogP contribution in [0, 0.1) is 0 Å². The molecule has 0 aromatic heterocycles. The number of likely N-dealkylation sites (N-methyl/N-ethyl adjacent to an activating group) is 1. The van der Waals surface area contributed by atoms with E-state index < -0.39 is 0 Å². The Morgan fingerprint density at radius 2 is 2.00 bits per heavy atom. The van der Waals surface area contributed by atoms with Gasteiger partial charge in [-0.2, -0.15) is 0 Å². The van der Waals surface area contributed by atoms with Gasteiger partial charge in [0.05, 0.1) is 6.54 Å². The Balaban J connectivity index is 1.55. The van der Waals surface area contributed by atoms with Crippen molar-refractivity contribution in [2.24, 2.45) is 0 Å². The first-order chi connectivity index (χ1) is 10.7. The molecule has 0 unspecified atom stereocenters. The largest absolute Gasteiger partial charge is 0.460 e. The van der Waals surface area contributed by atoms with Crippen molar-refractivity contribution in [2.45, 2.75) is 13.0 Å². The van der Waals surface area contributed by atoms with Crippen LogP contribution in [-0.2, 0) is 16.1 Å². The summed E-state index contributed by atoms with van der Waals surface area (Å²) in [4.78, 5) is 16.3. The fourth-order valence-electron chi connectivity index (χ4n) is 2.58. The van der Waals surface area contributed by atoms with E-state index in [-0.39, 0.29) is 5.97 Å². The second kappa shape index (κ2) is 9.56. The minimum Gasteiger partial charge on any atom is -0.460 e. The van der Waals surface area contributed by atoms with Crippen LogP contribution in [0.25, 0.3) is 0 Å². The van der Waals surface area contributed by atoms with Gasteiger partial charge in [-0.15, -0.1) is 0 Å². The Labute approximate surface area is 133 Å². The number of benzene rings is 1. The van der Waals surface area contributed by atoms with Crippen LogP contribution in [0.4, 0.5) is 0 Å². The normalized spacial score (nSPS) is 15.9. The minimum absolute atomic E-state index is 0.159. The third-order valence-corrected chi connectivity index (χ3v) is 3.87. The van der Waals surface area contributed by atoms with E-state index >= 15 is 0 Å². The zero-order chi connectivity index (χ0) is 15.6. The fraction of sp³-hybridized carbons (Fsp3) is 0.588. The molecular formula is C17H27N3O2. The number of hydrogen-bond acceptors (Lipinski definition) is 5. The monoisotopic (exact) mass is 305 g/mol. The molecule has 0 aliphatic carbocycles. The van der Waals surface area contributed by atoms with Crippen molar-refractivity contribution in [3.63, 3.8) is 0 Å². The van der Waals surface area contributed by atoms with E-state index in [9.17, 15) is 4.79 Å². The quantitative estimate of drug-likeness (QED) is 0.725. The maximum atomic E-state index is 11.8. The zero-order valence-corrected chi connectivity index (χ0v) is 13.5. The van der Waals surface area contributed by atoms with Crippen LogP contribution in [0.5, 0.6) is 0 Å². The lowest BCUT2D eigenvalue weighted by Gasteiger charge is -2.27. The van der Waals surface area contributed by atoms with Gasteiger partial charge < -0.3 is 15.0 Å². The molecule has 1 aromatic carbocycles. The number of nitrogens with one attached hydrogen (secondary N) is 1. The first kappa shape index (κ1) is 16.9. The van der Waals surface area contributed by atoms with Crippen molar-refractivity contribution in [1.82, 2.24) is 15.1 Å². The maximum absolute atomic E-state index is 11.8. The highest BCUT2D eigenvalue weighted by atomic mass is 16.5. The van der Waals surface area contributed by atoms with E-state index in [0.29, 0.717) is 13.2 Å². The lowest BCUT2D eigenvalue weighted by molar-refractivity contribution is -0.145. The molecule has 0 radical (unpaired) electrons. The van der Waals surface area contributed by atoms with Gasteiger partial charge in [0.15, 0.2) is 0 Å². The van der Waals surface area contributed by atoms with Crippen molar-refractivity contribution < 1.29 is 9.53 Å². The molecule has 0 amide bonds. The van der Waals surface area contributed by atoms with Crippen molar-refractivity contribution in [3.8, 4) is 0 Å². The van der Waals surface area contributed by atoms with Crippen LogP contribution in [0.3, 0.4) is 0 Å². The second-order valence-corrected chi connectivity index (χ2v) is 5.83. The average molecular weight is 305 g/mol. The van der Waals surface area contributed by atoms with E-state index in [1.807, 2.05) is 42.3 Å². The zero-order valence-electron chi connectivity index (χ0n) is 13.5. The molecule has 5 heteroatoms. The Morgan fingerprint density at radius 1 is 1.27 bits per heavy atom. The molecule has 122 valence electrons. The standard InChI is InChI=1S/C17H27N3O2/c1-19(10-5-11-20-12-8-18-9-13-20)14-17(21)22-15-16-6-3-2-4-7-16/h2-4,6-7,18H,5,8-15H2,1H3. The summed E-state index contributed by atoms with van der Waals surface area (Å²) < 4.78 is 5.30. The first-order valence-corrected chi connectivity index (χ1v) is 8.05. The van der Waals surface area contributed by atoms with Gasteiger partial charge in [-0.05, 0) is 32.1 Å². The van der Waals surface area contributed by atoms with Crippen molar-refractivity contribution in [3.05, 3.63) is 35.9 Å². The molecule has 1 aliphatic heterocycles. The van der Waals surface area contributed by atoms with Crippen LogP contribution < -0.4 is 5.32 Å². The Bertz CT molecular complexity index is 433. The molecule has 22 heavy (non-hydrogen) atoms. The van der Waals surface area contributed by atoms with Crippen LogP contribution in [0.2, 0.25) is 0 Å². The molecule has 0 atom stereocenters. The van der Waals surface area contributed by atoms with Gasteiger partial charge in [0.2, 0.25) is 0 Å². The molecule has 5 nitrogen and oxygen atoms in total. The SMILES string of the molecule is CN(CCCN1CCNCC1)CC(=O)OCc1ccccc1. The number of carbonyl (C=O) groups is 1. The highest BCUT2D eigenvalue weighted by molar-refractivity contribution is 5.71. The minimum atomic E-state index is -0.159. The van der Waals surface area contributed by atoms with Gasteiger partial charge in [0.25, 0.3) is 0 Å². The van der Waals surface area contributed by atoms with Gasteiger partial charge in [-0.25, -0.2) is 0 Å². The Hall–Kier alpha value is -1.43. The van der Waals surface area contributed by atoms with Gasteiger partial charge in [0.1, 0.15) is 6.61 Å². The fourth-order valence-corrected chi connectivity index (χ4v) is 2.58. The topological polar surface area (TPSA) is 44.8 Å². The number of esters is 1. The molecule has 0 bridgehead atoms. The third-order valence-electron chi connectivity index (χ3n) is 3.87. The predicted molar refractivity (Wildman–Crippen MR) is 87.7 cm³/mol. The van der Waals surface area contributed by atoms with Gasteiger partial charge in [-0.1, -0.05) is 30.3 Å². The smallest absolute Gasteiger partial charge is 0.320 e. The maximum Gasteiger partial charge on any atom is 0.320 e. The van der Waals surface area contributed by atoms with Crippen LogP contribution in [-0.4, -0.2) is 68.6 Å². The summed E-state index contributed by atoms with van der Waals surface area (Å²) in [6, 6.07) is 9.78. The number of carbonyl (C=O) groups excluding carboxylic acids is 1. The molecule has 1 aliphatic rings. The van der Waals surface area contributed by atoms with E-state index in [0.717, 1.165) is 51.3 Å². The van der Waals surface area contributed by atoms with Crippen molar-refractivity contribution >= 4 is 5.97 Å². The average Bonchev–Trinajstić information content (AvgIpc) is 2.55. The lowest BCUT2D eigenvalue weighted by Crippen LogP contribution is -2.44. The van der Waals surface area contributed by atoms with E-state index in [2.05, 4.69) is 10.2 Å². The highest BCUT2D eigenvalue weighted by Gasteiger charge is 2.11. The summed E-state index contributed by atoms with van der Waals surface area (Å²) in [6.45, 7) is 7.16. The Kier molecular flexibility index (Phi) is 7.36. The summed E-state index contributed by atoms with van der Waals surface area (Å²) in [5, 5.41) is 3.35. The first-order valence-electron chi connectivity index (χ1n) is 8.05. The molecule has 0 spiro atoms. The molecular weight excluding hydrogens is 278 g/mol. The van der Waals surface area contributed by atoms with Crippen molar-refractivity contribution in [2.75, 3.05) is 52.9 Å². The van der Waals surface area contributed by atoms with Crippen LogP contribution in [0.15, 0.2) is 30.3 Å². The molecule has 1 heterocycles. The number of hydrogen-bond donors (Lipinski definition) is 1. The summed E-state index contributed by atoms with van der Waals surface area (Å²) in [5.41, 5.74) is 1.03. The van der Waals surface area contributed by atoms with Gasteiger partial charge in [0, 0.05) is 26.2 Å². The van der Waals surface area contributed by atoms with Gasteiger partial charge >= 0.3 is 5.97 Å². The number of rotatable bonds is 8. The van der Waals surface area contributed by atoms with Gasteiger partial charge in [-0.3, -0.25) is 9.69 Å². The summed E-state index contributed by atoms with van der Waals surface area (Å²) in [5.74, 6) is -0.159. The summed E-state index contributed by atoms with van der Waals surface area (Å²) in [7, 11) is 1.97. The number of nitrogens with zero attached hydrogens (tertiary/aromatic N) is 2. The molecule has 1 aromatic rings. The van der Waals surface area contributed by atoms with Crippen LogP contribution >= 0.6 is 0 Å². The lowest BCUT2D eigenvalue weighted by atomic mass is 10.2. The highest BCUT2D eigenvalue weighted by Crippen LogP contribution is 2.01. The molecule has 1 fully saturated rings. The van der Waals surface area contributed by atoms with Crippen molar-refractivity contribution in [1.29, 1.82) is 0 Å². The number of piperazine rings is 1. The molecule has 1 N–H and O–H groups in total. The molecule has 1 saturated heterocycles. The molecule has 0 saturated carbocycles. The van der Waals surface area contributed by atoms with E-state index in [4.69, 9.17) is 4.74 Å². The summed E-state index contributed by atoms with van der Waals surface area (Å²) >= 11 is 0.